The van der Waals surface area contributed by atoms with Crippen LogP contribution in [0.2, 0.25) is 0 Å². The van der Waals surface area contributed by atoms with Crippen molar-refractivity contribution in [1.82, 2.24) is 5.32 Å². The zero-order chi connectivity index (χ0) is 9.26. The Labute approximate surface area is 89.7 Å². The third-order valence-electron chi connectivity index (χ3n) is 1.73. The number of amides is 1. The number of hydrogen-bond donors (Lipinski definition) is 1. The van der Waals surface area contributed by atoms with E-state index in [1.54, 1.807) is 11.3 Å². The van der Waals surface area contributed by atoms with Crippen LogP contribution in [0.3, 0.4) is 0 Å². The molecule has 0 aliphatic carbocycles. The van der Waals surface area contributed by atoms with Crippen LogP contribution in [0.15, 0.2) is 17.5 Å². The lowest BCUT2D eigenvalue weighted by Crippen LogP contribution is -2.25. The molecule has 0 bridgehead atoms. The zero-order valence-corrected chi connectivity index (χ0v) is 9.10. The number of thiocarbonyl (C=S) groups is 1. The maximum atomic E-state index is 11.3. The highest BCUT2D eigenvalue weighted by Gasteiger charge is 2.29. The van der Waals surface area contributed by atoms with E-state index in [2.05, 4.69) is 5.32 Å². The molecule has 13 heavy (non-hydrogen) atoms. The smallest absolute Gasteiger partial charge is 0.239 e. The van der Waals surface area contributed by atoms with Gasteiger partial charge in [-0.2, -0.15) is 0 Å². The van der Waals surface area contributed by atoms with Crippen LogP contribution < -0.4 is 5.32 Å². The summed E-state index contributed by atoms with van der Waals surface area (Å²) in [4.78, 5) is 12.5. The Morgan fingerprint density at radius 2 is 2.46 bits per heavy atom. The molecule has 1 fully saturated rings. The van der Waals surface area contributed by atoms with Gasteiger partial charge in [-0.05, 0) is 11.4 Å². The highest BCUT2D eigenvalue weighted by molar-refractivity contribution is 8.24. The molecule has 2 nitrogen and oxygen atoms in total. The van der Waals surface area contributed by atoms with Gasteiger partial charge in [0, 0.05) is 11.3 Å². The topological polar surface area (TPSA) is 29.1 Å². The van der Waals surface area contributed by atoms with Crippen molar-refractivity contribution in [3.05, 3.63) is 22.4 Å². The summed E-state index contributed by atoms with van der Waals surface area (Å²) in [7, 11) is 0. The number of thioether (sulfide) groups is 1. The van der Waals surface area contributed by atoms with Gasteiger partial charge < -0.3 is 5.32 Å². The fourth-order valence-corrected chi connectivity index (χ4v) is 3.29. The lowest BCUT2D eigenvalue weighted by atomic mass is 10.2. The van der Waals surface area contributed by atoms with Crippen LogP contribution >= 0.6 is 35.3 Å². The van der Waals surface area contributed by atoms with Gasteiger partial charge in [0.25, 0.3) is 0 Å². The number of hydrogen-bond acceptors (Lipinski definition) is 4. The van der Waals surface area contributed by atoms with Gasteiger partial charge in [-0.15, -0.1) is 11.3 Å². The summed E-state index contributed by atoms with van der Waals surface area (Å²) in [6.07, 6.45) is 0.786. The predicted molar refractivity (Wildman–Crippen MR) is 60.1 cm³/mol. The van der Waals surface area contributed by atoms with Crippen molar-refractivity contribution < 1.29 is 4.79 Å². The number of carbonyl (C=O) groups excluding carboxylic acids is 1. The average Bonchev–Trinajstić information content (AvgIpc) is 2.63. The monoisotopic (exact) mass is 229 g/mol. The van der Waals surface area contributed by atoms with Crippen LogP contribution in [0, 0.1) is 0 Å². The van der Waals surface area contributed by atoms with E-state index < -0.39 is 0 Å². The standard InChI is InChI=1S/C8H7NOS3/c10-7-6(13-8(11)9-7)4-5-2-1-3-12-5/h1-3,6H,4H2,(H,9,10,11). The van der Waals surface area contributed by atoms with Crippen molar-refractivity contribution in [2.24, 2.45) is 0 Å². The van der Waals surface area contributed by atoms with E-state index in [1.165, 1.54) is 16.6 Å². The van der Waals surface area contributed by atoms with Crippen molar-refractivity contribution in [2.75, 3.05) is 0 Å². The van der Waals surface area contributed by atoms with E-state index in [9.17, 15) is 4.79 Å². The molecule has 5 heteroatoms. The molecule has 2 heterocycles. The van der Waals surface area contributed by atoms with Gasteiger partial charge in [0.1, 0.15) is 4.32 Å². The molecular formula is C8H7NOS3. The fourth-order valence-electron chi connectivity index (χ4n) is 1.14. The van der Waals surface area contributed by atoms with Gasteiger partial charge in [0.15, 0.2) is 0 Å². The molecule has 68 valence electrons. The summed E-state index contributed by atoms with van der Waals surface area (Å²) in [6, 6.07) is 4.04. The Balaban J connectivity index is 2.03. The second-order valence-corrected chi connectivity index (χ2v) is 5.58. The van der Waals surface area contributed by atoms with Gasteiger partial charge in [0.2, 0.25) is 5.91 Å². The summed E-state index contributed by atoms with van der Waals surface area (Å²) in [6.45, 7) is 0. The minimum atomic E-state index is -0.0221. The Hall–Kier alpha value is -0.390. The van der Waals surface area contributed by atoms with Gasteiger partial charge in [-0.3, -0.25) is 4.79 Å². The number of nitrogens with one attached hydrogen (secondary N) is 1. The van der Waals surface area contributed by atoms with Crippen LogP contribution in [0.1, 0.15) is 4.88 Å². The highest BCUT2D eigenvalue weighted by atomic mass is 32.2. The fraction of sp³-hybridized carbons (Fsp3) is 0.250. The van der Waals surface area contributed by atoms with Crippen molar-refractivity contribution in [1.29, 1.82) is 0 Å². The van der Waals surface area contributed by atoms with Gasteiger partial charge in [-0.25, -0.2) is 0 Å². The largest absolute Gasteiger partial charge is 0.311 e. The molecule has 0 spiro atoms. The van der Waals surface area contributed by atoms with Crippen LogP contribution in [-0.4, -0.2) is 15.5 Å². The molecule has 1 unspecified atom stereocenters. The lowest BCUT2D eigenvalue weighted by Gasteiger charge is -2.01. The quantitative estimate of drug-likeness (QED) is 0.784. The molecule has 1 amide bonds. The Morgan fingerprint density at radius 3 is 3.00 bits per heavy atom. The van der Waals surface area contributed by atoms with Gasteiger partial charge in [-0.1, -0.05) is 30.0 Å². The molecule has 2 rings (SSSR count). The number of carbonyl (C=O) groups is 1. The van der Waals surface area contributed by atoms with Crippen molar-refractivity contribution in [3.8, 4) is 0 Å². The molecule has 1 atom stereocenters. The van der Waals surface area contributed by atoms with Crippen molar-refractivity contribution in [3.63, 3.8) is 0 Å². The summed E-state index contributed by atoms with van der Waals surface area (Å²) >= 11 is 8.03. The Morgan fingerprint density at radius 1 is 1.62 bits per heavy atom. The molecule has 1 aliphatic rings. The summed E-state index contributed by atoms with van der Waals surface area (Å²) in [5, 5.41) is 4.64. The van der Waals surface area contributed by atoms with Gasteiger partial charge >= 0.3 is 0 Å². The SMILES string of the molecule is O=C1NC(=S)SC1Cc1cccs1. The van der Waals surface area contributed by atoms with Crippen molar-refractivity contribution >= 4 is 45.5 Å². The van der Waals surface area contributed by atoms with Crippen LogP contribution in [0.5, 0.6) is 0 Å². The van der Waals surface area contributed by atoms with E-state index in [-0.39, 0.29) is 11.2 Å². The Kier molecular flexibility index (Phi) is 2.66. The zero-order valence-electron chi connectivity index (χ0n) is 6.65. The first kappa shape index (κ1) is 9.18. The number of rotatable bonds is 2. The summed E-state index contributed by atoms with van der Waals surface area (Å²) in [5.41, 5.74) is 0. The van der Waals surface area contributed by atoms with E-state index in [0.717, 1.165) is 6.42 Å². The third kappa shape index (κ3) is 2.10. The third-order valence-corrected chi connectivity index (χ3v) is 4.00. The molecule has 1 aliphatic heterocycles. The molecule has 1 aromatic rings. The normalized spacial score (nSPS) is 22.0. The maximum Gasteiger partial charge on any atom is 0.239 e. The lowest BCUT2D eigenvalue weighted by molar-refractivity contribution is -0.118. The summed E-state index contributed by atoms with van der Waals surface area (Å²) in [5.74, 6) is 0.0448. The van der Waals surface area contributed by atoms with Crippen LogP contribution in [0.25, 0.3) is 0 Å². The maximum absolute atomic E-state index is 11.3. The first-order valence-corrected chi connectivity index (χ1v) is 5.96. The minimum absolute atomic E-state index is 0.0221. The molecule has 1 aromatic heterocycles. The number of thiophene rings is 1. The molecule has 1 N–H and O–H groups in total. The van der Waals surface area contributed by atoms with E-state index in [4.69, 9.17) is 12.2 Å². The first-order valence-electron chi connectivity index (χ1n) is 3.79. The first-order chi connectivity index (χ1) is 6.25. The van der Waals surface area contributed by atoms with Gasteiger partial charge in [0.05, 0.1) is 5.25 Å². The van der Waals surface area contributed by atoms with E-state index in [1.807, 2.05) is 17.5 Å². The second kappa shape index (κ2) is 3.77. The second-order valence-electron chi connectivity index (χ2n) is 2.67. The molecule has 0 radical (unpaired) electrons. The summed E-state index contributed by atoms with van der Waals surface area (Å²) < 4.78 is 0.603. The predicted octanol–water partition coefficient (Wildman–Crippen LogP) is 1.81. The van der Waals surface area contributed by atoms with Crippen LogP contribution in [0.4, 0.5) is 0 Å². The van der Waals surface area contributed by atoms with Crippen LogP contribution in [-0.2, 0) is 11.2 Å². The molecule has 0 aromatic carbocycles. The molecule has 0 saturated carbocycles. The van der Waals surface area contributed by atoms with E-state index >= 15 is 0 Å². The Bertz CT molecular complexity index is 333. The van der Waals surface area contributed by atoms with Crippen molar-refractivity contribution in [2.45, 2.75) is 11.7 Å². The molecular weight excluding hydrogens is 222 g/mol. The highest BCUT2D eigenvalue weighted by Crippen LogP contribution is 2.24. The minimum Gasteiger partial charge on any atom is -0.311 e. The average molecular weight is 229 g/mol. The molecule has 1 saturated heterocycles. The van der Waals surface area contributed by atoms with E-state index in [0.29, 0.717) is 4.32 Å².